The Morgan fingerprint density at radius 1 is 1.33 bits per heavy atom. The van der Waals surface area contributed by atoms with Gasteiger partial charge in [0.2, 0.25) is 0 Å². The number of esters is 1. The Kier molecular flexibility index (Phi) is 4.98. The van der Waals surface area contributed by atoms with Gasteiger partial charge in [-0.1, -0.05) is 23.5 Å². The predicted molar refractivity (Wildman–Crippen MR) is 85.0 cm³/mol. The molecular weight excluding hydrogens is 308 g/mol. The summed E-state index contributed by atoms with van der Waals surface area (Å²) in [6.07, 6.45) is 1.98. The number of ether oxygens (including phenoxy) is 1. The highest BCUT2D eigenvalue weighted by Crippen LogP contribution is 2.31. The Balaban J connectivity index is 2.37. The van der Waals surface area contributed by atoms with Gasteiger partial charge in [-0.15, -0.1) is 11.8 Å². The van der Waals surface area contributed by atoms with E-state index in [0.29, 0.717) is 10.0 Å². The van der Waals surface area contributed by atoms with E-state index in [9.17, 15) is 9.59 Å². The van der Waals surface area contributed by atoms with Crippen LogP contribution < -0.4 is 5.32 Å². The number of nitrogens with zero attached hydrogens (tertiary/aromatic N) is 1. The molecule has 0 saturated heterocycles. The molecule has 0 aliphatic heterocycles. The molecule has 5 nitrogen and oxygen atoms in total. The molecule has 1 N–H and O–H groups in total. The molecular formula is C14H14N2O3S2. The normalized spacial score (nSPS) is 10.2. The van der Waals surface area contributed by atoms with Crippen LogP contribution in [0.25, 0.3) is 0 Å². The largest absolute Gasteiger partial charge is 0.464 e. The summed E-state index contributed by atoms with van der Waals surface area (Å²) in [5.74, 6) is -0.818. The van der Waals surface area contributed by atoms with Crippen LogP contribution in [0.15, 0.2) is 29.2 Å². The number of para-hydroxylation sites is 1. The van der Waals surface area contributed by atoms with Crippen LogP contribution in [0.5, 0.6) is 0 Å². The van der Waals surface area contributed by atoms with Crippen LogP contribution in [-0.2, 0) is 4.74 Å². The van der Waals surface area contributed by atoms with E-state index in [4.69, 9.17) is 0 Å². The van der Waals surface area contributed by atoms with Gasteiger partial charge in [0.15, 0.2) is 16.6 Å². The number of aromatic nitrogens is 1. The lowest BCUT2D eigenvalue weighted by molar-refractivity contribution is 0.0591. The summed E-state index contributed by atoms with van der Waals surface area (Å²) in [4.78, 5) is 28.8. The van der Waals surface area contributed by atoms with Crippen molar-refractivity contribution in [2.75, 3.05) is 18.7 Å². The Morgan fingerprint density at radius 3 is 2.67 bits per heavy atom. The van der Waals surface area contributed by atoms with Crippen LogP contribution in [0.1, 0.15) is 27.1 Å². The molecule has 0 saturated carbocycles. The fourth-order valence-electron chi connectivity index (χ4n) is 1.71. The van der Waals surface area contributed by atoms with Crippen LogP contribution in [0.3, 0.4) is 0 Å². The number of hydrogen-bond donors (Lipinski definition) is 1. The fraction of sp³-hybridized carbons (Fsp3) is 0.214. The van der Waals surface area contributed by atoms with Crippen LogP contribution in [0.4, 0.5) is 10.8 Å². The summed E-state index contributed by atoms with van der Waals surface area (Å²) in [6, 6.07) is 7.74. The van der Waals surface area contributed by atoms with E-state index in [-0.39, 0.29) is 11.5 Å². The summed E-state index contributed by atoms with van der Waals surface area (Å²) in [6.45, 7) is 1.40. The second-order valence-corrected chi connectivity index (χ2v) is 5.92. The molecule has 0 atom stereocenters. The quantitative estimate of drug-likeness (QED) is 0.515. The molecule has 0 spiro atoms. The van der Waals surface area contributed by atoms with E-state index in [1.54, 1.807) is 11.8 Å². The molecule has 0 aliphatic carbocycles. The highest BCUT2D eigenvalue weighted by atomic mass is 32.2. The highest BCUT2D eigenvalue weighted by molar-refractivity contribution is 7.98. The van der Waals surface area contributed by atoms with E-state index >= 15 is 0 Å². The average molecular weight is 322 g/mol. The molecule has 7 heteroatoms. The molecule has 0 unspecified atom stereocenters. The van der Waals surface area contributed by atoms with E-state index in [1.807, 2.05) is 30.5 Å². The topological polar surface area (TPSA) is 68.3 Å². The fourth-order valence-corrected chi connectivity index (χ4v) is 3.12. The monoisotopic (exact) mass is 322 g/mol. The van der Waals surface area contributed by atoms with Gasteiger partial charge in [0.1, 0.15) is 4.88 Å². The highest BCUT2D eigenvalue weighted by Gasteiger charge is 2.22. The summed E-state index contributed by atoms with van der Waals surface area (Å²) in [7, 11) is 1.27. The van der Waals surface area contributed by atoms with Gasteiger partial charge in [-0.25, -0.2) is 9.78 Å². The molecule has 21 heavy (non-hydrogen) atoms. The molecule has 2 rings (SSSR count). The van der Waals surface area contributed by atoms with E-state index in [2.05, 4.69) is 15.0 Å². The number of ketones is 1. The Labute approximate surface area is 130 Å². The van der Waals surface area contributed by atoms with Gasteiger partial charge in [-0.3, -0.25) is 4.79 Å². The lowest BCUT2D eigenvalue weighted by Gasteiger charge is -2.06. The number of benzene rings is 1. The molecule has 110 valence electrons. The lowest BCUT2D eigenvalue weighted by atomic mass is 10.3. The Bertz CT molecular complexity index is 683. The van der Waals surface area contributed by atoms with Gasteiger partial charge < -0.3 is 10.1 Å². The SMILES string of the molecule is COC(=O)c1nc(Nc2ccccc2SC)sc1C(C)=O. The molecule has 2 aromatic rings. The van der Waals surface area contributed by atoms with E-state index in [1.165, 1.54) is 14.0 Å². The van der Waals surface area contributed by atoms with Crippen molar-refractivity contribution in [2.24, 2.45) is 0 Å². The van der Waals surface area contributed by atoms with Crippen molar-refractivity contribution in [2.45, 2.75) is 11.8 Å². The molecule has 0 radical (unpaired) electrons. The van der Waals surface area contributed by atoms with Crippen molar-refractivity contribution in [1.29, 1.82) is 0 Å². The number of Topliss-reactive ketones (excluding diaryl/α,β-unsaturated/α-hetero) is 1. The van der Waals surface area contributed by atoms with Crippen molar-refractivity contribution >= 4 is 45.7 Å². The number of thioether (sulfide) groups is 1. The first-order valence-electron chi connectivity index (χ1n) is 6.07. The van der Waals surface area contributed by atoms with E-state index in [0.717, 1.165) is 21.9 Å². The van der Waals surface area contributed by atoms with E-state index < -0.39 is 5.97 Å². The Morgan fingerprint density at radius 2 is 2.05 bits per heavy atom. The number of nitrogens with one attached hydrogen (secondary N) is 1. The van der Waals surface area contributed by atoms with Gasteiger partial charge in [0, 0.05) is 11.8 Å². The molecule has 1 aromatic carbocycles. The minimum atomic E-state index is -0.609. The molecule has 0 amide bonds. The summed E-state index contributed by atoms with van der Waals surface area (Å²) in [5.41, 5.74) is 0.935. The maximum atomic E-state index is 11.7. The molecule has 1 heterocycles. The zero-order valence-corrected chi connectivity index (χ0v) is 13.4. The Hall–Kier alpha value is -1.86. The first-order valence-corrected chi connectivity index (χ1v) is 8.11. The molecule has 0 aliphatic rings. The van der Waals surface area contributed by atoms with Gasteiger partial charge in [0.05, 0.1) is 12.8 Å². The van der Waals surface area contributed by atoms with Gasteiger partial charge in [0.25, 0.3) is 0 Å². The second-order valence-electron chi connectivity index (χ2n) is 4.07. The number of carbonyl (C=O) groups is 2. The first kappa shape index (κ1) is 15.5. The van der Waals surface area contributed by atoms with Crippen LogP contribution in [-0.4, -0.2) is 30.1 Å². The van der Waals surface area contributed by atoms with Crippen molar-refractivity contribution < 1.29 is 14.3 Å². The average Bonchev–Trinajstić information content (AvgIpc) is 2.91. The number of thiazole rings is 1. The molecule has 0 bridgehead atoms. The zero-order chi connectivity index (χ0) is 15.4. The number of carbonyl (C=O) groups excluding carboxylic acids is 2. The van der Waals surface area contributed by atoms with Crippen LogP contribution >= 0.6 is 23.1 Å². The third-order valence-corrected chi connectivity index (χ3v) is 4.54. The summed E-state index contributed by atoms with van der Waals surface area (Å²) in [5, 5.41) is 3.63. The smallest absolute Gasteiger partial charge is 0.358 e. The van der Waals surface area contributed by atoms with Crippen molar-refractivity contribution in [3.63, 3.8) is 0 Å². The third-order valence-electron chi connectivity index (χ3n) is 2.67. The number of hydrogen-bond acceptors (Lipinski definition) is 7. The molecule has 1 aromatic heterocycles. The van der Waals surface area contributed by atoms with Crippen molar-refractivity contribution in [1.82, 2.24) is 4.98 Å². The first-order chi connectivity index (χ1) is 10.1. The van der Waals surface area contributed by atoms with Crippen LogP contribution in [0.2, 0.25) is 0 Å². The number of rotatable bonds is 5. The molecule has 0 fully saturated rings. The number of anilines is 2. The summed E-state index contributed by atoms with van der Waals surface area (Å²) >= 11 is 2.74. The van der Waals surface area contributed by atoms with Gasteiger partial charge in [-0.05, 0) is 18.4 Å². The van der Waals surface area contributed by atoms with Crippen molar-refractivity contribution in [3.05, 3.63) is 34.8 Å². The van der Waals surface area contributed by atoms with Crippen LogP contribution in [0, 0.1) is 0 Å². The number of methoxy groups -OCH3 is 1. The predicted octanol–water partition coefficient (Wildman–Crippen LogP) is 3.60. The lowest BCUT2D eigenvalue weighted by Crippen LogP contribution is -2.07. The zero-order valence-electron chi connectivity index (χ0n) is 11.8. The summed E-state index contributed by atoms with van der Waals surface area (Å²) < 4.78 is 4.66. The maximum absolute atomic E-state index is 11.7. The van der Waals surface area contributed by atoms with Gasteiger partial charge >= 0.3 is 5.97 Å². The standard InChI is InChI=1S/C14H14N2O3S2/c1-8(17)12-11(13(18)19-2)16-14(21-12)15-9-6-4-5-7-10(9)20-3/h4-7H,1-3H3,(H,15,16). The minimum absolute atomic E-state index is 0.0548. The third kappa shape index (κ3) is 3.43. The minimum Gasteiger partial charge on any atom is -0.464 e. The maximum Gasteiger partial charge on any atom is 0.358 e. The van der Waals surface area contributed by atoms with Gasteiger partial charge in [-0.2, -0.15) is 0 Å². The second kappa shape index (κ2) is 6.73. The van der Waals surface area contributed by atoms with Crippen molar-refractivity contribution in [3.8, 4) is 0 Å².